The van der Waals surface area contributed by atoms with Gasteiger partial charge in [-0.05, 0) is 57.3 Å². The molecule has 3 atom stereocenters. The van der Waals surface area contributed by atoms with E-state index in [1.807, 2.05) is 41.8 Å². The molecule has 124 valence electrons. The molecular weight excluding hydrogens is 378 g/mol. The largest absolute Gasteiger partial charge is 0.550 e. The van der Waals surface area contributed by atoms with Crippen LogP contribution in [0.1, 0.15) is 23.5 Å². The van der Waals surface area contributed by atoms with E-state index in [0.717, 1.165) is 22.2 Å². The molecule has 0 aliphatic heterocycles. The minimum atomic E-state index is -0.915. The maximum Gasteiger partial charge on any atom is 0.0701 e. The molecular formula is C17H19BrNO3S-. The Kier molecular flexibility index (Phi) is 6.77. The van der Waals surface area contributed by atoms with E-state index in [9.17, 15) is 9.90 Å². The van der Waals surface area contributed by atoms with Crippen molar-refractivity contribution in [3.05, 3.63) is 56.7 Å². The molecule has 0 amide bonds. The molecule has 1 fully saturated rings. The Balaban J connectivity index is 0.000000168. The molecule has 1 heterocycles. The van der Waals surface area contributed by atoms with Crippen LogP contribution < -0.4 is 10.8 Å². The van der Waals surface area contributed by atoms with Gasteiger partial charge < -0.3 is 20.7 Å². The Morgan fingerprint density at radius 3 is 2.61 bits per heavy atom. The van der Waals surface area contributed by atoms with Crippen molar-refractivity contribution in [2.45, 2.75) is 24.8 Å². The number of aliphatic carboxylic acids is 1. The van der Waals surface area contributed by atoms with Gasteiger partial charge in [0.1, 0.15) is 0 Å². The normalized spacial score (nSPS) is 20.3. The number of nitrogens with two attached hydrogens (primary N) is 1. The van der Waals surface area contributed by atoms with Gasteiger partial charge in [0.05, 0.1) is 10.4 Å². The van der Waals surface area contributed by atoms with Gasteiger partial charge in [0.15, 0.2) is 0 Å². The van der Waals surface area contributed by atoms with Crippen molar-refractivity contribution in [3.63, 3.8) is 0 Å². The SMILES string of the molecule is N[C@@H](CO)Cc1ccccc1.O=C([O-])[C@@H]1C[C@H]1c1csc(Br)c1. The summed E-state index contributed by atoms with van der Waals surface area (Å²) in [5.41, 5.74) is 7.86. The maximum atomic E-state index is 10.4. The number of benzene rings is 1. The van der Waals surface area contributed by atoms with E-state index in [2.05, 4.69) is 15.9 Å². The second-order valence-electron chi connectivity index (χ2n) is 5.58. The predicted octanol–water partition coefficient (Wildman–Crippen LogP) is 1.91. The van der Waals surface area contributed by atoms with Crippen LogP contribution in [-0.4, -0.2) is 23.7 Å². The van der Waals surface area contributed by atoms with E-state index in [1.54, 1.807) is 11.3 Å². The fraction of sp³-hybridized carbons (Fsp3) is 0.353. The average molecular weight is 397 g/mol. The van der Waals surface area contributed by atoms with Crippen molar-refractivity contribution in [1.82, 2.24) is 0 Å². The van der Waals surface area contributed by atoms with Crippen molar-refractivity contribution in [2.75, 3.05) is 6.61 Å². The van der Waals surface area contributed by atoms with E-state index >= 15 is 0 Å². The van der Waals surface area contributed by atoms with Gasteiger partial charge in [0.25, 0.3) is 0 Å². The number of hydrogen-bond donors (Lipinski definition) is 2. The minimum Gasteiger partial charge on any atom is -0.550 e. The van der Waals surface area contributed by atoms with Crippen LogP contribution in [0.5, 0.6) is 0 Å². The fourth-order valence-corrected chi connectivity index (χ4v) is 3.56. The molecule has 23 heavy (non-hydrogen) atoms. The van der Waals surface area contributed by atoms with Gasteiger partial charge in [0, 0.05) is 17.9 Å². The number of thiophene rings is 1. The van der Waals surface area contributed by atoms with Crippen molar-refractivity contribution in [3.8, 4) is 0 Å². The van der Waals surface area contributed by atoms with Crippen molar-refractivity contribution in [2.24, 2.45) is 11.7 Å². The molecule has 0 saturated heterocycles. The molecule has 3 rings (SSSR count). The molecule has 6 heteroatoms. The van der Waals surface area contributed by atoms with Gasteiger partial charge >= 0.3 is 0 Å². The molecule has 0 radical (unpaired) electrons. The van der Waals surface area contributed by atoms with Crippen molar-refractivity contribution < 1.29 is 15.0 Å². The third-order valence-electron chi connectivity index (χ3n) is 3.68. The summed E-state index contributed by atoms with van der Waals surface area (Å²) in [6, 6.07) is 11.8. The number of halogens is 1. The van der Waals surface area contributed by atoms with Crippen LogP contribution >= 0.6 is 27.3 Å². The van der Waals surface area contributed by atoms with E-state index in [1.165, 1.54) is 5.56 Å². The quantitative estimate of drug-likeness (QED) is 0.807. The highest BCUT2D eigenvalue weighted by atomic mass is 79.9. The molecule has 1 aliphatic rings. The Morgan fingerprint density at radius 2 is 2.13 bits per heavy atom. The van der Waals surface area contributed by atoms with Gasteiger partial charge in [-0.1, -0.05) is 30.3 Å². The Bertz CT molecular complexity index is 632. The number of carbonyl (C=O) groups is 1. The van der Waals surface area contributed by atoms with Gasteiger partial charge in [-0.2, -0.15) is 0 Å². The first kappa shape index (κ1) is 18.1. The van der Waals surface area contributed by atoms with Crippen LogP contribution in [-0.2, 0) is 11.2 Å². The first-order chi connectivity index (χ1) is 11.0. The zero-order chi connectivity index (χ0) is 16.8. The topological polar surface area (TPSA) is 86.4 Å². The average Bonchev–Trinajstić information content (AvgIpc) is 3.24. The predicted molar refractivity (Wildman–Crippen MR) is 93.1 cm³/mol. The number of carbonyl (C=O) groups excluding carboxylic acids is 1. The van der Waals surface area contributed by atoms with Crippen molar-refractivity contribution >= 4 is 33.2 Å². The number of carboxylic acids is 1. The van der Waals surface area contributed by atoms with Crippen LogP contribution in [0, 0.1) is 5.92 Å². The van der Waals surface area contributed by atoms with E-state index in [0.29, 0.717) is 0 Å². The summed E-state index contributed by atoms with van der Waals surface area (Å²) >= 11 is 4.93. The molecule has 4 nitrogen and oxygen atoms in total. The van der Waals surface area contributed by atoms with E-state index in [-0.39, 0.29) is 24.5 Å². The highest BCUT2D eigenvalue weighted by molar-refractivity contribution is 9.11. The Hall–Kier alpha value is -1.21. The number of rotatable bonds is 5. The molecule has 0 bridgehead atoms. The van der Waals surface area contributed by atoms with Gasteiger partial charge in [0.2, 0.25) is 0 Å². The molecule has 2 aromatic rings. The molecule has 1 saturated carbocycles. The van der Waals surface area contributed by atoms with Crippen LogP contribution in [0.15, 0.2) is 45.6 Å². The summed E-state index contributed by atoms with van der Waals surface area (Å²) in [5.74, 6) is -0.952. The standard InChI is InChI=1S/C9H13NO.C8H7BrO2S/c10-9(7-11)6-8-4-2-1-3-5-8;9-7-1-4(3-12-7)5-2-6(5)8(10)11/h1-5,9,11H,6-7,10H2;1,3,5-6H,2H2,(H,10,11)/p-1/t9-;5-,6+/m10/s1. The summed E-state index contributed by atoms with van der Waals surface area (Å²) in [7, 11) is 0. The van der Waals surface area contributed by atoms with Crippen molar-refractivity contribution in [1.29, 1.82) is 0 Å². The smallest absolute Gasteiger partial charge is 0.0701 e. The van der Waals surface area contributed by atoms with E-state index < -0.39 is 5.97 Å². The summed E-state index contributed by atoms with van der Waals surface area (Å²) in [4.78, 5) is 10.4. The number of hydrogen-bond acceptors (Lipinski definition) is 5. The lowest BCUT2D eigenvalue weighted by Gasteiger charge is -2.06. The van der Waals surface area contributed by atoms with Crippen LogP contribution in [0.25, 0.3) is 0 Å². The second-order valence-corrected chi connectivity index (χ2v) is 7.87. The van der Waals surface area contributed by atoms with Gasteiger partial charge in [-0.15, -0.1) is 11.3 Å². The molecule has 0 unspecified atom stereocenters. The fourth-order valence-electron chi connectivity index (χ4n) is 2.32. The molecule has 1 aromatic carbocycles. The molecule has 0 spiro atoms. The zero-order valence-corrected chi connectivity index (χ0v) is 14.9. The second kappa shape index (κ2) is 8.59. The monoisotopic (exact) mass is 396 g/mol. The first-order valence-corrected chi connectivity index (χ1v) is 9.03. The third-order valence-corrected chi connectivity index (χ3v) is 5.21. The van der Waals surface area contributed by atoms with Gasteiger partial charge in [-0.3, -0.25) is 0 Å². The van der Waals surface area contributed by atoms with Gasteiger partial charge in [-0.25, -0.2) is 0 Å². The zero-order valence-electron chi connectivity index (χ0n) is 12.5. The molecule has 3 N–H and O–H groups in total. The Morgan fingerprint density at radius 1 is 1.43 bits per heavy atom. The number of aliphatic hydroxyl groups excluding tert-OH is 1. The van der Waals surface area contributed by atoms with E-state index in [4.69, 9.17) is 10.8 Å². The summed E-state index contributed by atoms with van der Waals surface area (Å²) in [6.07, 6.45) is 1.49. The lowest BCUT2D eigenvalue weighted by molar-refractivity contribution is -0.308. The summed E-state index contributed by atoms with van der Waals surface area (Å²) < 4.78 is 1.06. The lowest BCUT2D eigenvalue weighted by Crippen LogP contribution is -2.26. The maximum absolute atomic E-state index is 10.4. The molecule has 1 aromatic heterocycles. The highest BCUT2D eigenvalue weighted by Crippen LogP contribution is 2.48. The molecule has 1 aliphatic carbocycles. The summed E-state index contributed by atoms with van der Waals surface area (Å²) in [6.45, 7) is 0.0505. The highest BCUT2D eigenvalue weighted by Gasteiger charge is 2.39. The summed E-state index contributed by atoms with van der Waals surface area (Å²) in [5, 5.41) is 21.1. The lowest BCUT2D eigenvalue weighted by atomic mass is 10.1. The third kappa shape index (κ3) is 5.73. The Labute approximate surface area is 148 Å². The number of aliphatic hydroxyl groups is 1. The first-order valence-electron chi connectivity index (χ1n) is 7.36. The minimum absolute atomic E-state index is 0.0505. The van der Waals surface area contributed by atoms with Crippen LogP contribution in [0.3, 0.4) is 0 Å². The number of carboxylic acid groups (broad SMARTS) is 1. The van der Waals surface area contributed by atoms with Crippen LogP contribution in [0.4, 0.5) is 0 Å². The van der Waals surface area contributed by atoms with Crippen LogP contribution in [0.2, 0.25) is 0 Å².